The van der Waals surface area contributed by atoms with Gasteiger partial charge < -0.3 is 24.5 Å². The average Bonchev–Trinajstić information content (AvgIpc) is 3.25. The number of nitrogen functional groups attached to an aromatic ring is 1. The number of carbonyl (C=O) groups is 1. The van der Waals surface area contributed by atoms with Crippen molar-refractivity contribution in [3.05, 3.63) is 22.9 Å². The first-order valence-corrected chi connectivity index (χ1v) is 10.1. The monoisotopic (exact) mass is 465 g/mol. The summed E-state index contributed by atoms with van der Waals surface area (Å²) in [6.45, 7) is 2.66. The van der Waals surface area contributed by atoms with Crippen molar-refractivity contribution in [3.8, 4) is 11.5 Å². The number of imidazole rings is 1. The van der Waals surface area contributed by atoms with E-state index in [-0.39, 0.29) is 25.0 Å². The van der Waals surface area contributed by atoms with Crippen LogP contribution in [0.5, 0.6) is 11.5 Å². The number of halogens is 1. The summed E-state index contributed by atoms with van der Waals surface area (Å²) < 4.78 is 18.6. The maximum atomic E-state index is 11.8. The molecule has 2 aromatic heterocycles. The standard InChI is InChI=1S/C17H16BrN5O4S/c1-2-25-13(24)3-4-23-16-14(15(19)20-7-21-16)22-17(23)28-12-6-11-10(5-9(12)18)26-8-27-11/h5-7H,2-4,8H2,1H3,(H2,19,20,21). The molecule has 2 N–H and O–H groups in total. The molecule has 3 heterocycles. The third-order valence-corrected chi connectivity index (χ3v) is 5.97. The summed E-state index contributed by atoms with van der Waals surface area (Å²) >= 11 is 4.95. The molecule has 0 fully saturated rings. The number of benzene rings is 1. The molecule has 0 spiro atoms. The van der Waals surface area contributed by atoms with Gasteiger partial charge in [-0.1, -0.05) is 11.8 Å². The molecule has 0 saturated carbocycles. The molecular weight excluding hydrogens is 450 g/mol. The zero-order valence-electron chi connectivity index (χ0n) is 14.8. The Bertz CT molecular complexity index is 1060. The van der Waals surface area contributed by atoms with Crippen LogP contribution in [-0.2, 0) is 16.1 Å². The summed E-state index contributed by atoms with van der Waals surface area (Å²) in [5.74, 6) is 1.35. The first-order valence-electron chi connectivity index (χ1n) is 8.46. The van der Waals surface area contributed by atoms with Crippen LogP contribution in [0, 0.1) is 0 Å². The molecule has 146 valence electrons. The van der Waals surface area contributed by atoms with Crippen LogP contribution in [0.2, 0.25) is 0 Å². The number of nitrogens with zero attached hydrogens (tertiary/aromatic N) is 4. The molecule has 9 nitrogen and oxygen atoms in total. The predicted molar refractivity (Wildman–Crippen MR) is 105 cm³/mol. The Morgan fingerprint density at radius 1 is 1.36 bits per heavy atom. The van der Waals surface area contributed by atoms with E-state index in [0.717, 1.165) is 9.37 Å². The van der Waals surface area contributed by atoms with Crippen LogP contribution >= 0.6 is 27.7 Å². The fourth-order valence-corrected chi connectivity index (χ4v) is 4.23. The van der Waals surface area contributed by atoms with Gasteiger partial charge in [-0.25, -0.2) is 15.0 Å². The average molecular weight is 466 g/mol. The number of aryl methyl sites for hydroxylation is 1. The Morgan fingerprint density at radius 3 is 2.93 bits per heavy atom. The zero-order valence-corrected chi connectivity index (χ0v) is 17.2. The molecule has 0 bridgehead atoms. The van der Waals surface area contributed by atoms with E-state index in [2.05, 4.69) is 30.9 Å². The van der Waals surface area contributed by atoms with Crippen LogP contribution in [0.15, 0.2) is 33.0 Å². The van der Waals surface area contributed by atoms with Crippen LogP contribution < -0.4 is 15.2 Å². The highest BCUT2D eigenvalue weighted by atomic mass is 79.9. The van der Waals surface area contributed by atoms with Gasteiger partial charge in [0.05, 0.1) is 13.0 Å². The van der Waals surface area contributed by atoms with Gasteiger partial charge in [0.1, 0.15) is 6.33 Å². The maximum absolute atomic E-state index is 11.8. The normalized spacial score (nSPS) is 12.5. The molecule has 4 rings (SSSR count). The third-order valence-electron chi connectivity index (χ3n) is 4.00. The number of nitrogens with two attached hydrogens (primary N) is 1. The minimum absolute atomic E-state index is 0.194. The number of esters is 1. The number of hydrogen-bond acceptors (Lipinski definition) is 9. The van der Waals surface area contributed by atoms with E-state index in [9.17, 15) is 4.79 Å². The van der Waals surface area contributed by atoms with Crippen LogP contribution in [0.3, 0.4) is 0 Å². The summed E-state index contributed by atoms with van der Waals surface area (Å²) in [4.78, 5) is 25.6. The molecule has 11 heteroatoms. The summed E-state index contributed by atoms with van der Waals surface area (Å²) in [6.07, 6.45) is 1.57. The molecule has 0 aliphatic carbocycles. The van der Waals surface area contributed by atoms with Crippen molar-refractivity contribution in [1.29, 1.82) is 0 Å². The van der Waals surface area contributed by atoms with E-state index in [4.69, 9.17) is 19.9 Å². The molecule has 1 aromatic carbocycles. The number of ether oxygens (including phenoxy) is 3. The molecule has 0 amide bonds. The quantitative estimate of drug-likeness (QED) is 0.548. The zero-order chi connectivity index (χ0) is 19.7. The lowest BCUT2D eigenvalue weighted by Crippen LogP contribution is -2.10. The molecule has 28 heavy (non-hydrogen) atoms. The van der Waals surface area contributed by atoms with Gasteiger partial charge in [-0.15, -0.1) is 0 Å². The summed E-state index contributed by atoms with van der Waals surface area (Å²) in [7, 11) is 0. The second-order valence-corrected chi connectivity index (χ2v) is 7.63. The predicted octanol–water partition coefficient (Wildman–Crippen LogP) is 3.00. The molecule has 3 aromatic rings. The second kappa shape index (κ2) is 7.84. The highest BCUT2D eigenvalue weighted by Gasteiger charge is 2.21. The Morgan fingerprint density at radius 2 is 2.14 bits per heavy atom. The minimum Gasteiger partial charge on any atom is -0.466 e. The third kappa shape index (κ3) is 3.59. The molecular formula is C17H16BrN5O4S. The summed E-state index contributed by atoms with van der Waals surface area (Å²) in [6, 6.07) is 3.73. The highest BCUT2D eigenvalue weighted by Crippen LogP contribution is 2.43. The van der Waals surface area contributed by atoms with Gasteiger partial charge in [0.15, 0.2) is 33.6 Å². The Balaban J connectivity index is 1.71. The van der Waals surface area contributed by atoms with E-state index in [1.165, 1.54) is 18.1 Å². The van der Waals surface area contributed by atoms with Crippen molar-refractivity contribution in [3.63, 3.8) is 0 Å². The van der Waals surface area contributed by atoms with Crippen LogP contribution in [-0.4, -0.2) is 38.9 Å². The van der Waals surface area contributed by atoms with Crippen LogP contribution in [0.1, 0.15) is 13.3 Å². The lowest BCUT2D eigenvalue weighted by Gasteiger charge is -2.09. The SMILES string of the molecule is CCOC(=O)CCn1c(Sc2cc3c(cc2Br)OCO3)nc2c(N)ncnc21. The lowest BCUT2D eigenvalue weighted by atomic mass is 10.3. The van der Waals surface area contributed by atoms with E-state index in [1.807, 2.05) is 16.7 Å². The van der Waals surface area contributed by atoms with Crippen molar-refractivity contribution in [2.24, 2.45) is 0 Å². The van der Waals surface area contributed by atoms with E-state index >= 15 is 0 Å². The number of hydrogen-bond donors (Lipinski definition) is 1. The number of aromatic nitrogens is 4. The van der Waals surface area contributed by atoms with Crippen molar-refractivity contribution in [1.82, 2.24) is 19.5 Å². The highest BCUT2D eigenvalue weighted by molar-refractivity contribution is 9.10. The van der Waals surface area contributed by atoms with Gasteiger partial charge in [-0.3, -0.25) is 4.79 Å². The van der Waals surface area contributed by atoms with Crippen LogP contribution in [0.25, 0.3) is 11.2 Å². The smallest absolute Gasteiger partial charge is 0.307 e. The first kappa shape index (κ1) is 18.8. The van der Waals surface area contributed by atoms with E-state index in [1.54, 1.807) is 6.92 Å². The fraction of sp³-hybridized carbons (Fsp3) is 0.294. The van der Waals surface area contributed by atoms with Gasteiger partial charge in [-0.2, -0.15) is 0 Å². The minimum atomic E-state index is -0.286. The van der Waals surface area contributed by atoms with Gasteiger partial charge in [0.25, 0.3) is 0 Å². The van der Waals surface area contributed by atoms with Crippen molar-refractivity contribution >= 4 is 50.6 Å². The molecule has 1 aliphatic heterocycles. The number of rotatable bonds is 6. The van der Waals surface area contributed by atoms with E-state index < -0.39 is 0 Å². The summed E-state index contributed by atoms with van der Waals surface area (Å²) in [5.41, 5.74) is 7.02. The van der Waals surface area contributed by atoms with Gasteiger partial charge in [-0.05, 0) is 35.0 Å². The summed E-state index contributed by atoms with van der Waals surface area (Å²) in [5, 5.41) is 0.631. The maximum Gasteiger partial charge on any atom is 0.307 e. The molecule has 0 saturated heterocycles. The first-order chi connectivity index (χ1) is 13.6. The van der Waals surface area contributed by atoms with Gasteiger partial charge in [0.2, 0.25) is 6.79 Å². The number of anilines is 1. The number of carbonyl (C=O) groups excluding carboxylic acids is 1. The van der Waals surface area contributed by atoms with Gasteiger partial charge in [0, 0.05) is 15.9 Å². The Kier molecular flexibility index (Phi) is 5.27. The molecule has 0 radical (unpaired) electrons. The lowest BCUT2D eigenvalue weighted by molar-refractivity contribution is -0.143. The molecule has 0 atom stereocenters. The van der Waals surface area contributed by atoms with Crippen molar-refractivity contribution in [2.45, 2.75) is 29.9 Å². The van der Waals surface area contributed by atoms with Crippen molar-refractivity contribution in [2.75, 3.05) is 19.1 Å². The Hall–Kier alpha value is -2.53. The largest absolute Gasteiger partial charge is 0.466 e. The topological polar surface area (TPSA) is 114 Å². The second-order valence-electron chi connectivity index (χ2n) is 5.77. The van der Waals surface area contributed by atoms with Crippen LogP contribution in [0.4, 0.5) is 5.82 Å². The Labute approximate surface area is 172 Å². The fourth-order valence-electron chi connectivity index (χ4n) is 2.72. The van der Waals surface area contributed by atoms with Crippen molar-refractivity contribution < 1.29 is 19.0 Å². The number of fused-ring (bicyclic) bond motifs is 2. The van der Waals surface area contributed by atoms with E-state index in [0.29, 0.717) is 41.0 Å². The molecule has 0 unspecified atom stereocenters. The van der Waals surface area contributed by atoms with Gasteiger partial charge >= 0.3 is 5.97 Å². The molecule has 1 aliphatic rings.